The Hall–Kier alpha value is -3.17. The fraction of sp³-hybridized carbons (Fsp3) is 0.500. The van der Waals surface area contributed by atoms with Gasteiger partial charge in [-0.2, -0.15) is 0 Å². The number of piperazine rings is 1. The summed E-state index contributed by atoms with van der Waals surface area (Å²) in [5, 5.41) is 2.89. The maximum Gasteiger partial charge on any atom is 0.241 e. The lowest BCUT2D eigenvalue weighted by molar-refractivity contribution is -0.119. The molecule has 3 fully saturated rings. The number of carbonyl (C=O) groups is 1. The maximum absolute atomic E-state index is 11.7. The molecule has 5 heterocycles. The molecular weight excluding hydrogens is 444 g/mol. The van der Waals surface area contributed by atoms with Crippen LogP contribution >= 0.6 is 0 Å². The van der Waals surface area contributed by atoms with Gasteiger partial charge in [-0.05, 0) is 25.1 Å². The summed E-state index contributed by atoms with van der Waals surface area (Å²) in [6.07, 6.45) is 2.13. The minimum Gasteiger partial charge on any atom is -0.473 e. The molecule has 1 amide bonds. The van der Waals surface area contributed by atoms with Crippen molar-refractivity contribution in [2.24, 2.45) is 13.0 Å². The Balaban J connectivity index is 1.21. The van der Waals surface area contributed by atoms with Crippen molar-refractivity contribution < 1.29 is 14.3 Å². The van der Waals surface area contributed by atoms with Crippen molar-refractivity contribution in [1.82, 2.24) is 24.8 Å². The van der Waals surface area contributed by atoms with Gasteiger partial charge in [-0.1, -0.05) is 12.1 Å². The van der Waals surface area contributed by atoms with Crippen LogP contribution in [0.4, 0.5) is 5.69 Å². The van der Waals surface area contributed by atoms with Crippen molar-refractivity contribution in [1.29, 1.82) is 0 Å². The van der Waals surface area contributed by atoms with Gasteiger partial charge in [0.1, 0.15) is 11.6 Å². The van der Waals surface area contributed by atoms with E-state index >= 15 is 0 Å². The Bertz CT molecular complexity index is 1210. The Morgan fingerprint density at radius 3 is 2.57 bits per heavy atom. The molecule has 0 radical (unpaired) electrons. The molecule has 3 aliphatic heterocycles. The number of aryl methyl sites for hydroxylation is 1. The summed E-state index contributed by atoms with van der Waals surface area (Å²) in [5.74, 6) is 0.772. The molecule has 6 rings (SSSR count). The van der Waals surface area contributed by atoms with Crippen LogP contribution in [-0.2, 0) is 16.6 Å². The molecule has 0 unspecified atom stereocenters. The van der Waals surface area contributed by atoms with E-state index in [1.807, 2.05) is 24.6 Å². The first-order valence-corrected chi connectivity index (χ1v) is 12.5. The summed E-state index contributed by atoms with van der Waals surface area (Å²) in [6, 6.07) is 11.2. The fourth-order valence-corrected chi connectivity index (χ4v) is 5.22. The van der Waals surface area contributed by atoms with E-state index in [2.05, 4.69) is 44.4 Å². The number of hydrogen-bond acceptors (Lipinski definition) is 7. The molecule has 9 heteroatoms. The van der Waals surface area contributed by atoms with E-state index in [0.29, 0.717) is 24.9 Å². The summed E-state index contributed by atoms with van der Waals surface area (Å²) >= 11 is 0. The number of aromatic nitrogens is 3. The number of carbonyl (C=O) groups excluding carboxylic acids is 1. The highest BCUT2D eigenvalue weighted by atomic mass is 16.5. The highest BCUT2D eigenvalue weighted by Crippen LogP contribution is 2.31. The number of amides is 1. The quantitative estimate of drug-likeness (QED) is 0.583. The lowest BCUT2D eigenvalue weighted by Gasteiger charge is -2.43. The largest absolute Gasteiger partial charge is 0.473 e. The number of pyridine rings is 1. The number of anilines is 1. The van der Waals surface area contributed by atoms with Crippen molar-refractivity contribution in [2.75, 3.05) is 50.8 Å². The second-order valence-corrected chi connectivity index (χ2v) is 9.89. The van der Waals surface area contributed by atoms with Crippen molar-refractivity contribution in [2.45, 2.75) is 25.5 Å². The summed E-state index contributed by atoms with van der Waals surface area (Å²) in [4.78, 5) is 26.1. The second kappa shape index (κ2) is 9.13. The van der Waals surface area contributed by atoms with Gasteiger partial charge in [0, 0.05) is 63.4 Å². The molecule has 35 heavy (non-hydrogen) atoms. The van der Waals surface area contributed by atoms with E-state index in [0.717, 1.165) is 61.7 Å². The van der Waals surface area contributed by atoms with E-state index in [1.165, 1.54) is 5.69 Å². The minimum absolute atomic E-state index is 0.0800. The molecule has 0 bridgehead atoms. The number of nitrogens with one attached hydrogen (secondary N) is 1. The van der Waals surface area contributed by atoms with E-state index < -0.39 is 0 Å². The zero-order valence-electron chi connectivity index (χ0n) is 20.3. The third-order valence-corrected chi connectivity index (χ3v) is 7.61. The predicted molar refractivity (Wildman–Crippen MR) is 134 cm³/mol. The molecule has 0 saturated carbocycles. The molecule has 1 aromatic carbocycles. The van der Waals surface area contributed by atoms with E-state index in [-0.39, 0.29) is 17.9 Å². The number of hydrogen-bond donors (Lipinski definition) is 1. The van der Waals surface area contributed by atoms with E-state index in [9.17, 15) is 4.79 Å². The Morgan fingerprint density at radius 2 is 1.91 bits per heavy atom. The van der Waals surface area contributed by atoms with Crippen LogP contribution in [0.3, 0.4) is 0 Å². The van der Waals surface area contributed by atoms with Crippen LogP contribution < -0.4 is 15.0 Å². The standard InChI is InChI=1S/C26H32N6O3/c1-17(19-11-24(33)27-13-19)35-26-25-23(28-16-30(25)2)12-22(29-26)18-3-5-20(6-4-18)31-7-9-32(10-8-31)21-14-34-15-21/h3-6,12,16-17,19,21H,7-11,13-15H2,1-2H3,(H,27,33)/t17-,19-/m1/s1. The molecule has 184 valence electrons. The zero-order chi connectivity index (χ0) is 23.9. The van der Waals surface area contributed by atoms with Crippen LogP contribution in [0.25, 0.3) is 22.3 Å². The van der Waals surface area contributed by atoms with Crippen molar-refractivity contribution in [3.8, 4) is 17.1 Å². The van der Waals surface area contributed by atoms with Gasteiger partial charge in [0.25, 0.3) is 0 Å². The van der Waals surface area contributed by atoms with Crippen molar-refractivity contribution in [3.05, 3.63) is 36.7 Å². The zero-order valence-corrected chi connectivity index (χ0v) is 20.3. The first-order chi connectivity index (χ1) is 17.0. The molecule has 1 N–H and O–H groups in total. The van der Waals surface area contributed by atoms with Crippen LogP contribution in [0.5, 0.6) is 5.88 Å². The van der Waals surface area contributed by atoms with Gasteiger partial charge in [0.2, 0.25) is 11.8 Å². The SMILES string of the molecule is C[C@@H](Oc1nc(-c2ccc(N3CCN(C4COC4)CC3)cc2)cc2ncn(C)c12)[C@H]1CNC(=O)C1. The normalized spacial score (nSPS) is 22.3. The predicted octanol–water partition coefficient (Wildman–Crippen LogP) is 2.06. The van der Waals surface area contributed by atoms with Gasteiger partial charge in [-0.25, -0.2) is 9.97 Å². The highest BCUT2D eigenvalue weighted by Gasteiger charge is 2.30. The molecule has 2 atom stereocenters. The lowest BCUT2D eigenvalue weighted by Crippen LogP contribution is -2.56. The average Bonchev–Trinajstić information content (AvgIpc) is 3.44. The van der Waals surface area contributed by atoms with Gasteiger partial charge in [0.05, 0.1) is 36.8 Å². The number of imidazole rings is 1. The molecular formula is C26H32N6O3. The Kier molecular flexibility index (Phi) is 5.82. The molecule has 3 aliphatic rings. The van der Waals surface area contributed by atoms with E-state index in [4.69, 9.17) is 14.5 Å². The average molecular weight is 477 g/mol. The Labute approximate surface area is 205 Å². The number of fused-ring (bicyclic) bond motifs is 1. The van der Waals surface area contributed by atoms with Crippen LogP contribution in [0, 0.1) is 5.92 Å². The summed E-state index contributed by atoms with van der Waals surface area (Å²) in [6.45, 7) is 8.62. The van der Waals surface area contributed by atoms with Gasteiger partial charge in [0.15, 0.2) is 0 Å². The molecule has 2 aromatic heterocycles. The molecule has 3 aromatic rings. The van der Waals surface area contributed by atoms with Crippen LogP contribution in [-0.4, -0.2) is 83.4 Å². The highest BCUT2D eigenvalue weighted by molar-refractivity contribution is 5.85. The number of benzene rings is 1. The fourth-order valence-electron chi connectivity index (χ4n) is 5.22. The number of ether oxygens (including phenoxy) is 2. The van der Waals surface area contributed by atoms with Gasteiger partial charge >= 0.3 is 0 Å². The van der Waals surface area contributed by atoms with Crippen LogP contribution in [0.15, 0.2) is 36.7 Å². The van der Waals surface area contributed by atoms with Crippen LogP contribution in [0.2, 0.25) is 0 Å². The Morgan fingerprint density at radius 1 is 1.14 bits per heavy atom. The molecule has 0 spiro atoms. The van der Waals surface area contributed by atoms with Crippen molar-refractivity contribution in [3.63, 3.8) is 0 Å². The lowest BCUT2D eigenvalue weighted by atomic mass is 10.0. The van der Waals surface area contributed by atoms with Gasteiger partial charge in [-0.15, -0.1) is 0 Å². The summed E-state index contributed by atoms with van der Waals surface area (Å²) < 4.78 is 13.6. The van der Waals surface area contributed by atoms with Crippen LogP contribution in [0.1, 0.15) is 13.3 Å². The number of rotatable bonds is 6. The van der Waals surface area contributed by atoms with E-state index in [1.54, 1.807) is 6.33 Å². The summed E-state index contributed by atoms with van der Waals surface area (Å²) in [7, 11) is 1.95. The topological polar surface area (TPSA) is 84.8 Å². The minimum atomic E-state index is -0.137. The first-order valence-electron chi connectivity index (χ1n) is 12.5. The maximum atomic E-state index is 11.7. The smallest absolute Gasteiger partial charge is 0.241 e. The second-order valence-electron chi connectivity index (χ2n) is 9.89. The molecule has 9 nitrogen and oxygen atoms in total. The third kappa shape index (κ3) is 4.34. The molecule has 3 saturated heterocycles. The first kappa shape index (κ1) is 22.3. The number of nitrogens with zero attached hydrogens (tertiary/aromatic N) is 5. The van der Waals surface area contributed by atoms with Gasteiger partial charge < -0.3 is 24.3 Å². The molecule has 0 aliphatic carbocycles. The van der Waals surface area contributed by atoms with Crippen molar-refractivity contribution >= 4 is 22.6 Å². The van der Waals surface area contributed by atoms with Gasteiger partial charge in [-0.3, -0.25) is 9.69 Å². The third-order valence-electron chi connectivity index (χ3n) is 7.61. The summed E-state index contributed by atoms with van der Waals surface area (Å²) in [5.41, 5.74) is 4.81. The monoisotopic (exact) mass is 476 g/mol.